The lowest BCUT2D eigenvalue weighted by Gasteiger charge is -2.20. The molecule has 3 N–H and O–H groups in total. The number of hydrogen-bond donors (Lipinski definition) is 2. The topological polar surface area (TPSA) is 119 Å². The van der Waals surface area contributed by atoms with Gasteiger partial charge < -0.3 is 15.6 Å². The molecule has 9 nitrogen and oxygen atoms in total. The Labute approximate surface area is 184 Å². The fourth-order valence-corrected chi connectivity index (χ4v) is 4.14. The lowest BCUT2D eigenvalue weighted by Crippen LogP contribution is -2.29. The molecule has 32 heavy (non-hydrogen) atoms. The van der Waals surface area contributed by atoms with Gasteiger partial charge in [-0.25, -0.2) is 14.8 Å². The second-order valence-electron chi connectivity index (χ2n) is 7.62. The highest BCUT2D eigenvalue weighted by atomic mass is 16.5. The number of imidazole rings is 1. The number of anilines is 1. The predicted octanol–water partition coefficient (Wildman–Crippen LogP) is 3.77. The number of ether oxygens (including phenoxy) is 1. The van der Waals surface area contributed by atoms with Gasteiger partial charge in [-0.05, 0) is 49.2 Å². The summed E-state index contributed by atoms with van der Waals surface area (Å²) in [5.41, 5.74) is 9.24. The van der Waals surface area contributed by atoms with Crippen LogP contribution in [-0.2, 0) is 6.61 Å². The van der Waals surface area contributed by atoms with Crippen LogP contribution in [0, 0.1) is 0 Å². The number of hydrogen-bond acceptors (Lipinski definition) is 6. The van der Waals surface area contributed by atoms with E-state index in [0.29, 0.717) is 48.2 Å². The lowest BCUT2D eigenvalue weighted by atomic mass is 10.1. The van der Waals surface area contributed by atoms with Gasteiger partial charge >= 0.3 is 6.09 Å². The number of nitrogens with zero attached hydrogens (tertiary/aromatic N) is 5. The van der Waals surface area contributed by atoms with Crippen LogP contribution in [0.4, 0.5) is 10.6 Å². The van der Waals surface area contributed by atoms with Gasteiger partial charge in [-0.1, -0.05) is 6.07 Å². The normalized spacial score (nSPS) is 15.9. The zero-order valence-electron chi connectivity index (χ0n) is 17.3. The maximum Gasteiger partial charge on any atom is 0.407 e. The summed E-state index contributed by atoms with van der Waals surface area (Å²) in [5, 5.41) is 9.59. The van der Waals surface area contributed by atoms with E-state index in [-0.39, 0.29) is 6.04 Å². The number of nitrogen functional groups attached to an aromatic ring is 1. The first-order chi connectivity index (χ1) is 15.6. The highest BCUT2D eigenvalue weighted by Crippen LogP contribution is 2.36. The minimum atomic E-state index is -0.942. The number of carbonyl (C=O) groups is 1. The van der Waals surface area contributed by atoms with E-state index in [2.05, 4.69) is 9.97 Å². The van der Waals surface area contributed by atoms with Crippen molar-refractivity contribution in [3.63, 3.8) is 0 Å². The Morgan fingerprint density at radius 3 is 2.75 bits per heavy atom. The Morgan fingerprint density at radius 1 is 1.16 bits per heavy atom. The average Bonchev–Trinajstić information content (AvgIpc) is 3.44. The lowest BCUT2D eigenvalue weighted by molar-refractivity contribution is 0.138. The Kier molecular flexibility index (Phi) is 5.06. The van der Waals surface area contributed by atoms with Crippen LogP contribution in [0.25, 0.3) is 16.8 Å². The molecule has 4 heterocycles. The molecule has 0 bridgehead atoms. The van der Waals surface area contributed by atoms with Crippen molar-refractivity contribution < 1.29 is 14.6 Å². The highest BCUT2D eigenvalue weighted by Gasteiger charge is 2.34. The summed E-state index contributed by atoms with van der Waals surface area (Å²) in [7, 11) is 0. The summed E-state index contributed by atoms with van der Waals surface area (Å²) in [6.07, 6.45) is 5.68. The van der Waals surface area contributed by atoms with Crippen LogP contribution in [0.2, 0.25) is 0 Å². The number of pyridine rings is 1. The van der Waals surface area contributed by atoms with Crippen molar-refractivity contribution in [1.29, 1.82) is 0 Å². The number of fused-ring (bicyclic) bond motifs is 1. The average molecular weight is 430 g/mol. The van der Waals surface area contributed by atoms with Crippen LogP contribution in [0.5, 0.6) is 5.75 Å². The first kappa shape index (κ1) is 19.8. The zero-order chi connectivity index (χ0) is 22.1. The summed E-state index contributed by atoms with van der Waals surface area (Å²) >= 11 is 0. The molecule has 5 rings (SSSR count). The second-order valence-corrected chi connectivity index (χ2v) is 7.62. The number of benzene rings is 1. The minimum Gasteiger partial charge on any atom is -0.487 e. The van der Waals surface area contributed by atoms with Gasteiger partial charge in [0.15, 0.2) is 0 Å². The molecule has 1 fully saturated rings. The molecule has 1 amide bonds. The Hall–Kier alpha value is -4.14. The summed E-state index contributed by atoms with van der Waals surface area (Å²) in [6.45, 7) is 0.869. The monoisotopic (exact) mass is 430 g/mol. The molecule has 0 spiro atoms. The first-order valence-electron chi connectivity index (χ1n) is 10.4. The fraction of sp³-hybridized carbons (Fsp3) is 0.217. The fourth-order valence-electron chi connectivity index (χ4n) is 4.14. The maximum absolute atomic E-state index is 11.7. The van der Waals surface area contributed by atoms with Crippen LogP contribution < -0.4 is 10.5 Å². The Balaban J connectivity index is 1.48. The van der Waals surface area contributed by atoms with E-state index in [0.717, 1.165) is 17.7 Å². The first-order valence-corrected chi connectivity index (χ1v) is 10.4. The molecular formula is C23H22N6O3. The Bertz CT molecular complexity index is 1260. The van der Waals surface area contributed by atoms with E-state index in [1.165, 1.54) is 4.90 Å². The third-order valence-electron chi connectivity index (χ3n) is 5.65. The molecule has 1 aliphatic heterocycles. The van der Waals surface area contributed by atoms with E-state index >= 15 is 0 Å². The largest absolute Gasteiger partial charge is 0.487 e. The molecule has 1 saturated heterocycles. The van der Waals surface area contributed by atoms with Crippen LogP contribution >= 0.6 is 0 Å². The third kappa shape index (κ3) is 3.58. The molecule has 9 heteroatoms. The number of amides is 1. The van der Waals surface area contributed by atoms with Gasteiger partial charge in [0.25, 0.3) is 0 Å². The molecular weight excluding hydrogens is 408 g/mol. The number of rotatable bonds is 5. The molecule has 1 atom stereocenters. The maximum atomic E-state index is 11.7. The Morgan fingerprint density at radius 2 is 2.00 bits per heavy atom. The highest BCUT2D eigenvalue weighted by molar-refractivity contribution is 5.85. The van der Waals surface area contributed by atoms with Gasteiger partial charge in [0.2, 0.25) is 0 Å². The van der Waals surface area contributed by atoms with Gasteiger partial charge in [0.05, 0.1) is 11.7 Å². The van der Waals surface area contributed by atoms with E-state index in [1.54, 1.807) is 18.6 Å². The second kappa shape index (κ2) is 8.18. The van der Waals surface area contributed by atoms with Crippen molar-refractivity contribution in [3.8, 4) is 17.0 Å². The van der Waals surface area contributed by atoms with Crippen LogP contribution in [0.15, 0.2) is 61.1 Å². The van der Waals surface area contributed by atoms with Gasteiger partial charge in [0.1, 0.15) is 35.2 Å². The van der Waals surface area contributed by atoms with Crippen molar-refractivity contribution in [3.05, 3.63) is 72.6 Å². The van der Waals surface area contributed by atoms with Crippen molar-refractivity contribution in [2.75, 3.05) is 12.3 Å². The van der Waals surface area contributed by atoms with Crippen LogP contribution in [0.3, 0.4) is 0 Å². The molecule has 0 unspecified atom stereocenters. The van der Waals surface area contributed by atoms with E-state index in [9.17, 15) is 9.90 Å². The molecule has 0 saturated carbocycles. The molecule has 3 aromatic heterocycles. The summed E-state index contributed by atoms with van der Waals surface area (Å²) < 4.78 is 7.68. The van der Waals surface area contributed by atoms with E-state index < -0.39 is 6.09 Å². The summed E-state index contributed by atoms with van der Waals surface area (Å²) in [4.78, 5) is 26.5. The number of aromatic nitrogens is 4. The zero-order valence-corrected chi connectivity index (χ0v) is 17.3. The van der Waals surface area contributed by atoms with E-state index in [1.807, 2.05) is 46.9 Å². The SMILES string of the molecule is Nc1nccn2c([C@@H]3CCCN3C(=O)O)nc(-c3ccc(OCc4ccccn4)cc3)c12. The standard InChI is InChI=1S/C23H22N6O3/c24-21-20-19(15-6-8-17(9-7-15)32-14-16-4-1-2-10-25-16)27-22(29(20)13-11-26-21)18-5-3-12-28(18)23(30)31/h1-2,4,6-11,13,18H,3,5,12,14H2,(H2,24,26)(H,30,31)/t18-/m0/s1. The third-order valence-corrected chi connectivity index (χ3v) is 5.65. The molecule has 4 aromatic rings. The predicted molar refractivity (Wildman–Crippen MR) is 118 cm³/mol. The smallest absolute Gasteiger partial charge is 0.407 e. The van der Waals surface area contributed by atoms with E-state index in [4.69, 9.17) is 15.5 Å². The van der Waals surface area contributed by atoms with Gasteiger partial charge in [-0.2, -0.15) is 0 Å². The van der Waals surface area contributed by atoms with Crippen molar-refractivity contribution >= 4 is 17.4 Å². The molecule has 1 aromatic carbocycles. The summed E-state index contributed by atoms with van der Waals surface area (Å²) in [5.74, 6) is 1.71. The van der Waals surface area contributed by atoms with Gasteiger partial charge in [-0.3, -0.25) is 14.3 Å². The van der Waals surface area contributed by atoms with Crippen LogP contribution in [-0.4, -0.2) is 42.0 Å². The number of nitrogens with two attached hydrogens (primary N) is 1. The molecule has 0 radical (unpaired) electrons. The van der Waals surface area contributed by atoms with Crippen molar-refractivity contribution in [2.45, 2.75) is 25.5 Å². The quantitative estimate of drug-likeness (QED) is 0.495. The molecule has 162 valence electrons. The van der Waals surface area contributed by atoms with Crippen LogP contribution in [0.1, 0.15) is 30.4 Å². The number of likely N-dealkylation sites (tertiary alicyclic amines) is 1. The molecule has 0 aliphatic carbocycles. The summed E-state index contributed by atoms with van der Waals surface area (Å²) in [6, 6.07) is 12.9. The minimum absolute atomic E-state index is 0.323. The number of carboxylic acid groups (broad SMARTS) is 1. The van der Waals surface area contributed by atoms with Crippen molar-refractivity contribution in [2.24, 2.45) is 0 Å². The van der Waals surface area contributed by atoms with Crippen molar-refractivity contribution in [1.82, 2.24) is 24.3 Å². The van der Waals surface area contributed by atoms with Gasteiger partial charge in [0, 0.05) is 30.7 Å². The molecule has 1 aliphatic rings. The van der Waals surface area contributed by atoms with Gasteiger partial charge in [-0.15, -0.1) is 0 Å².